The lowest BCUT2D eigenvalue weighted by atomic mass is 9.87. The van der Waals surface area contributed by atoms with Crippen molar-refractivity contribution in [3.05, 3.63) is 0 Å². The molecule has 2 rings (SSSR count). The van der Waals surface area contributed by atoms with E-state index in [0.717, 1.165) is 77.2 Å². The molecule has 0 unspecified atom stereocenters. The highest BCUT2D eigenvalue weighted by Gasteiger charge is 2.23. The van der Waals surface area contributed by atoms with Crippen LogP contribution in [0.3, 0.4) is 0 Å². The van der Waals surface area contributed by atoms with Gasteiger partial charge in [0.05, 0.1) is 0 Å². The predicted octanol–water partition coefficient (Wildman–Crippen LogP) is 5.54. The summed E-state index contributed by atoms with van der Waals surface area (Å²) in [7, 11) is 2.19. The van der Waals surface area contributed by atoms with Crippen molar-refractivity contribution < 1.29 is 9.59 Å². The predicted molar refractivity (Wildman–Crippen MR) is 173 cm³/mol. The number of hydrogen-bond donors (Lipinski definition) is 2. The second kappa shape index (κ2) is 18.5. The lowest BCUT2D eigenvalue weighted by molar-refractivity contribution is -0.123. The third-order valence-corrected chi connectivity index (χ3v) is 8.97. The Bertz CT molecular complexity index is 728. The normalized spacial score (nSPS) is 18.6. The SMILES string of the molecule is CN(CCCNC(=O)CCN1CCC(CCCC2CCN(CCC(=O)NC(C)(C)C)CC2)CC1)CCCC(C)(C)C. The van der Waals surface area contributed by atoms with Gasteiger partial charge in [0.2, 0.25) is 11.8 Å². The maximum Gasteiger partial charge on any atom is 0.221 e. The van der Waals surface area contributed by atoms with Gasteiger partial charge in [0.25, 0.3) is 0 Å². The van der Waals surface area contributed by atoms with Gasteiger partial charge in [0.1, 0.15) is 0 Å². The average molecular weight is 578 g/mol. The Morgan fingerprint density at radius 2 is 1.22 bits per heavy atom. The zero-order valence-electron chi connectivity index (χ0n) is 28.2. The Morgan fingerprint density at radius 1 is 0.732 bits per heavy atom. The van der Waals surface area contributed by atoms with Crippen LogP contribution in [0, 0.1) is 17.3 Å². The van der Waals surface area contributed by atoms with E-state index in [1.165, 1.54) is 57.8 Å². The second-order valence-corrected chi connectivity index (χ2v) is 15.5. The Balaban J connectivity index is 1.43. The van der Waals surface area contributed by atoms with Crippen LogP contribution in [0.2, 0.25) is 0 Å². The van der Waals surface area contributed by atoms with E-state index < -0.39 is 0 Å². The van der Waals surface area contributed by atoms with Crippen LogP contribution in [0.15, 0.2) is 0 Å². The quantitative estimate of drug-likeness (QED) is 0.222. The van der Waals surface area contributed by atoms with E-state index in [9.17, 15) is 9.59 Å². The number of nitrogens with zero attached hydrogens (tertiary/aromatic N) is 3. The van der Waals surface area contributed by atoms with E-state index in [0.29, 0.717) is 18.3 Å². The van der Waals surface area contributed by atoms with E-state index >= 15 is 0 Å². The van der Waals surface area contributed by atoms with E-state index in [-0.39, 0.29) is 17.4 Å². The molecule has 2 saturated heterocycles. The zero-order valence-corrected chi connectivity index (χ0v) is 28.2. The van der Waals surface area contributed by atoms with Gasteiger partial charge >= 0.3 is 0 Å². The van der Waals surface area contributed by atoms with Gasteiger partial charge in [-0.05, 0) is 129 Å². The minimum Gasteiger partial charge on any atom is -0.356 e. The molecule has 0 aromatic heterocycles. The number of carbonyl (C=O) groups is 2. The molecule has 2 amide bonds. The largest absolute Gasteiger partial charge is 0.356 e. The fourth-order valence-corrected chi connectivity index (χ4v) is 6.35. The molecule has 0 aliphatic carbocycles. The van der Waals surface area contributed by atoms with Gasteiger partial charge in [-0.2, -0.15) is 0 Å². The van der Waals surface area contributed by atoms with Gasteiger partial charge in [-0.25, -0.2) is 0 Å². The molecule has 2 N–H and O–H groups in total. The molecule has 0 aromatic carbocycles. The van der Waals surface area contributed by atoms with Gasteiger partial charge < -0.3 is 25.3 Å². The van der Waals surface area contributed by atoms with Gasteiger partial charge in [0.15, 0.2) is 0 Å². The van der Waals surface area contributed by atoms with Gasteiger partial charge in [-0.15, -0.1) is 0 Å². The van der Waals surface area contributed by atoms with Crippen molar-refractivity contribution >= 4 is 11.8 Å². The van der Waals surface area contributed by atoms with E-state index in [1.807, 2.05) is 20.8 Å². The molecule has 7 heteroatoms. The summed E-state index contributed by atoms with van der Waals surface area (Å²) in [6, 6.07) is 0. The Labute approximate surface area is 253 Å². The summed E-state index contributed by atoms with van der Waals surface area (Å²) in [5.41, 5.74) is 0.276. The third kappa shape index (κ3) is 18.2. The summed E-state index contributed by atoms with van der Waals surface area (Å²) in [6.07, 6.45) is 14.0. The monoisotopic (exact) mass is 578 g/mol. The first-order valence-corrected chi connectivity index (χ1v) is 17.0. The molecule has 2 aliphatic heterocycles. The minimum absolute atomic E-state index is 0.139. The Hall–Kier alpha value is -1.18. The van der Waals surface area contributed by atoms with E-state index in [1.54, 1.807) is 0 Å². The van der Waals surface area contributed by atoms with E-state index in [4.69, 9.17) is 0 Å². The van der Waals surface area contributed by atoms with Crippen LogP contribution in [-0.2, 0) is 9.59 Å². The number of amides is 2. The Morgan fingerprint density at radius 3 is 1.71 bits per heavy atom. The van der Waals surface area contributed by atoms with Crippen LogP contribution in [0.1, 0.15) is 119 Å². The average Bonchev–Trinajstić information content (AvgIpc) is 2.88. The number of rotatable bonds is 17. The molecule has 240 valence electrons. The summed E-state index contributed by atoms with van der Waals surface area (Å²) in [4.78, 5) is 31.8. The fourth-order valence-electron chi connectivity index (χ4n) is 6.35. The highest BCUT2D eigenvalue weighted by atomic mass is 16.2. The van der Waals surface area contributed by atoms with Crippen LogP contribution < -0.4 is 10.6 Å². The van der Waals surface area contributed by atoms with Crippen LogP contribution >= 0.6 is 0 Å². The number of likely N-dealkylation sites (tertiary alicyclic amines) is 2. The third-order valence-electron chi connectivity index (χ3n) is 8.97. The molecular weight excluding hydrogens is 510 g/mol. The number of nitrogens with one attached hydrogen (secondary N) is 2. The highest BCUT2D eigenvalue weighted by Crippen LogP contribution is 2.27. The molecule has 41 heavy (non-hydrogen) atoms. The van der Waals surface area contributed by atoms with Crippen molar-refractivity contribution in [1.82, 2.24) is 25.3 Å². The second-order valence-electron chi connectivity index (χ2n) is 15.5. The van der Waals surface area contributed by atoms with Crippen molar-refractivity contribution in [3.63, 3.8) is 0 Å². The van der Waals surface area contributed by atoms with E-state index in [2.05, 4.69) is 53.2 Å². The maximum absolute atomic E-state index is 12.3. The summed E-state index contributed by atoms with van der Waals surface area (Å²) in [5, 5.41) is 6.21. The number of carbonyl (C=O) groups excluding carboxylic acids is 2. The van der Waals surface area contributed by atoms with Crippen molar-refractivity contribution in [3.8, 4) is 0 Å². The van der Waals surface area contributed by atoms with Gasteiger partial charge in [0, 0.05) is 38.0 Å². The fraction of sp³-hybridized carbons (Fsp3) is 0.941. The summed E-state index contributed by atoms with van der Waals surface area (Å²) in [6.45, 7) is 22.4. The molecule has 0 radical (unpaired) electrons. The first kappa shape index (κ1) is 36.0. The smallest absolute Gasteiger partial charge is 0.221 e. The molecule has 2 fully saturated rings. The summed E-state index contributed by atoms with van der Waals surface area (Å²) >= 11 is 0. The molecule has 2 heterocycles. The van der Waals surface area contributed by atoms with Crippen molar-refractivity contribution in [1.29, 1.82) is 0 Å². The number of hydrogen-bond acceptors (Lipinski definition) is 5. The van der Waals surface area contributed by atoms with Crippen molar-refractivity contribution in [2.75, 3.05) is 66.0 Å². The number of piperidine rings is 2. The molecule has 7 nitrogen and oxygen atoms in total. The highest BCUT2D eigenvalue weighted by molar-refractivity contribution is 5.76. The molecule has 0 spiro atoms. The lowest BCUT2D eigenvalue weighted by Crippen LogP contribution is -2.43. The summed E-state index contributed by atoms with van der Waals surface area (Å²) < 4.78 is 0. The molecule has 0 aromatic rings. The van der Waals surface area contributed by atoms with Crippen LogP contribution in [-0.4, -0.2) is 98.0 Å². The first-order valence-electron chi connectivity index (χ1n) is 17.0. The van der Waals surface area contributed by atoms with Crippen molar-refractivity contribution in [2.45, 2.75) is 124 Å². The molecular formula is C34H67N5O2. The standard InChI is InChI=1S/C34H67N5O2/c1-33(2,3)19-9-21-37(7)22-10-20-35-31(40)17-27-38-23-13-29(14-24-38)11-8-12-30-15-25-39(26-16-30)28-18-32(41)36-34(4,5)6/h29-30H,8-28H2,1-7H3,(H,35,40)(H,36,41). The molecule has 0 saturated carbocycles. The summed E-state index contributed by atoms with van der Waals surface area (Å²) in [5.74, 6) is 2.11. The van der Waals surface area contributed by atoms with Crippen LogP contribution in [0.4, 0.5) is 0 Å². The molecule has 0 bridgehead atoms. The van der Waals surface area contributed by atoms with Gasteiger partial charge in [-0.1, -0.05) is 40.0 Å². The Kier molecular flexibility index (Phi) is 16.2. The molecule has 2 aliphatic rings. The first-order chi connectivity index (χ1) is 19.3. The van der Waals surface area contributed by atoms with Crippen molar-refractivity contribution in [2.24, 2.45) is 17.3 Å². The maximum atomic E-state index is 12.3. The topological polar surface area (TPSA) is 67.9 Å². The minimum atomic E-state index is -0.139. The van der Waals surface area contributed by atoms with Crippen LogP contribution in [0.25, 0.3) is 0 Å². The lowest BCUT2D eigenvalue weighted by Gasteiger charge is -2.33. The molecule has 0 atom stereocenters. The van der Waals surface area contributed by atoms with Crippen LogP contribution in [0.5, 0.6) is 0 Å². The van der Waals surface area contributed by atoms with Gasteiger partial charge in [-0.3, -0.25) is 9.59 Å². The zero-order chi connectivity index (χ0) is 30.3.